The van der Waals surface area contributed by atoms with Gasteiger partial charge in [0.25, 0.3) is 0 Å². The fourth-order valence-corrected chi connectivity index (χ4v) is 3.77. The molecule has 0 aliphatic heterocycles. The van der Waals surface area contributed by atoms with Gasteiger partial charge in [0.15, 0.2) is 11.6 Å². The predicted octanol–water partition coefficient (Wildman–Crippen LogP) is 3.22. The standard InChI is InChI=1S/C14H14F2N2S/c1-17-13(8-4-2-5-9(15)12(8)16)14-18-10-6-3-7-11(10)19-14/h2,4-5,13,17H,3,6-7H2,1H3. The molecule has 1 unspecified atom stereocenters. The van der Waals surface area contributed by atoms with E-state index in [1.54, 1.807) is 24.5 Å². The molecule has 1 aliphatic carbocycles. The summed E-state index contributed by atoms with van der Waals surface area (Å²) in [5.74, 6) is -1.61. The van der Waals surface area contributed by atoms with E-state index in [0.29, 0.717) is 5.56 Å². The van der Waals surface area contributed by atoms with Crippen LogP contribution in [0.3, 0.4) is 0 Å². The normalized spacial score (nSPS) is 15.5. The molecule has 0 bridgehead atoms. The molecule has 0 fully saturated rings. The maximum atomic E-state index is 13.9. The van der Waals surface area contributed by atoms with Crippen molar-refractivity contribution in [3.8, 4) is 0 Å². The summed E-state index contributed by atoms with van der Waals surface area (Å²) in [5.41, 5.74) is 1.44. The number of fused-ring (bicyclic) bond motifs is 1. The number of thiazole rings is 1. The minimum atomic E-state index is -0.818. The number of nitrogens with one attached hydrogen (secondary N) is 1. The highest BCUT2D eigenvalue weighted by Crippen LogP contribution is 2.34. The number of hydrogen-bond acceptors (Lipinski definition) is 3. The lowest BCUT2D eigenvalue weighted by Gasteiger charge is -2.15. The Kier molecular flexibility index (Phi) is 3.33. The number of aromatic nitrogens is 1. The van der Waals surface area contributed by atoms with Gasteiger partial charge in [0.05, 0.1) is 11.7 Å². The molecule has 0 spiro atoms. The summed E-state index contributed by atoms with van der Waals surface area (Å²) in [6, 6.07) is 3.88. The van der Waals surface area contributed by atoms with Crippen LogP contribution in [0.5, 0.6) is 0 Å². The molecule has 1 N–H and O–H groups in total. The van der Waals surface area contributed by atoms with E-state index in [0.717, 1.165) is 36.0 Å². The van der Waals surface area contributed by atoms with Crippen molar-refractivity contribution in [1.82, 2.24) is 10.3 Å². The van der Waals surface area contributed by atoms with Crippen LogP contribution in [0.15, 0.2) is 18.2 Å². The van der Waals surface area contributed by atoms with Crippen LogP contribution in [0, 0.1) is 11.6 Å². The Morgan fingerprint density at radius 3 is 2.89 bits per heavy atom. The van der Waals surface area contributed by atoms with Crippen molar-refractivity contribution in [3.05, 3.63) is 51.0 Å². The van der Waals surface area contributed by atoms with Crippen molar-refractivity contribution in [2.45, 2.75) is 25.3 Å². The molecule has 1 aromatic carbocycles. The molecule has 0 radical (unpaired) electrons. The first-order valence-electron chi connectivity index (χ1n) is 6.30. The highest BCUT2D eigenvalue weighted by Gasteiger charge is 2.25. The fraction of sp³-hybridized carbons (Fsp3) is 0.357. The van der Waals surface area contributed by atoms with E-state index in [1.807, 2.05) is 0 Å². The lowest BCUT2D eigenvalue weighted by Crippen LogP contribution is -2.19. The molecule has 100 valence electrons. The zero-order valence-corrected chi connectivity index (χ0v) is 11.4. The van der Waals surface area contributed by atoms with E-state index in [1.165, 1.54) is 10.9 Å². The van der Waals surface area contributed by atoms with Gasteiger partial charge in [0.2, 0.25) is 0 Å². The van der Waals surface area contributed by atoms with E-state index in [-0.39, 0.29) is 6.04 Å². The molecule has 0 amide bonds. The Bertz CT molecular complexity index is 588. The van der Waals surface area contributed by atoms with E-state index in [4.69, 9.17) is 0 Å². The fourth-order valence-electron chi connectivity index (χ4n) is 2.49. The van der Waals surface area contributed by atoms with Crippen LogP contribution in [0.4, 0.5) is 8.78 Å². The van der Waals surface area contributed by atoms with Gasteiger partial charge in [-0.15, -0.1) is 11.3 Å². The Hall–Kier alpha value is -1.33. The molecule has 0 saturated carbocycles. The SMILES string of the molecule is CNC(c1nc2c(s1)CCC2)c1cccc(F)c1F. The van der Waals surface area contributed by atoms with Crippen LogP contribution in [0.25, 0.3) is 0 Å². The Balaban J connectivity index is 2.02. The van der Waals surface area contributed by atoms with Crippen LogP contribution < -0.4 is 5.32 Å². The molecular formula is C14H14F2N2S. The molecule has 3 rings (SSSR count). The summed E-state index contributed by atoms with van der Waals surface area (Å²) in [4.78, 5) is 5.86. The van der Waals surface area contributed by atoms with Crippen molar-refractivity contribution in [3.63, 3.8) is 0 Å². The molecule has 1 atom stereocenters. The Labute approximate surface area is 114 Å². The summed E-state index contributed by atoms with van der Waals surface area (Å²) in [6.45, 7) is 0. The van der Waals surface area contributed by atoms with Crippen molar-refractivity contribution >= 4 is 11.3 Å². The Morgan fingerprint density at radius 2 is 2.16 bits per heavy atom. The van der Waals surface area contributed by atoms with Gasteiger partial charge in [0.1, 0.15) is 5.01 Å². The molecule has 1 aromatic heterocycles. The summed E-state index contributed by atoms with van der Waals surface area (Å²) < 4.78 is 27.2. The molecule has 2 nitrogen and oxygen atoms in total. The second-order valence-electron chi connectivity index (χ2n) is 4.64. The molecule has 2 aromatic rings. The van der Waals surface area contributed by atoms with Gasteiger partial charge in [-0.25, -0.2) is 13.8 Å². The third kappa shape index (κ3) is 2.17. The molecule has 1 heterocycles. The number of benzene rings is 1. The van der Waals surface area contributed by atoms with Crippen LogP contribution in [-0.4, -0.2) is 12.0 Å². The summed E-state index contributed by atoms with van der Waals surface area (Å²) in [7, 11) is 1.74. The third-order valence-electron chi connectivity index (χ3n) is 3.44. The van der Waals surface area contributed by atoms with Gasteiger partial charge in [-0.1, -0.05) is 12.1 Å². The smallest absolute Gasteiger partial charge is 0.164 e. The van der Waals surface area contributed by atoms with Gasteiger partial charge >= 0.3 is 0 Å². The number of hydrogen-bond donors (Lipinski definition) is 1. The van der Waals surface area contributed by atoms with Crippen LogP contribution in [0.2, 0.25) is 0 Å². The lowest BCUT2D eigenvalue weighted by molar-refractivity contribution is 0.487. The highest BCUT2D eigenvalue weighted by atomic mass is 32.1. The van der Waals surface area contributed by atoms with E-state index in [2.05, 4.69) is 10.3 Å². The first-order valence-corrected chi connectivity index (χ1v) is 7.12. The minimum Gasteiger partial charge on any atom is -0.307 e. The van der Waals surface area contributed by atoms with Crippen LogP contribution in [0.1, 0.15) is 33.6 Å². The van der Waals surface area contributed by atoms with Gasteiger partial charge < -0.3 is 5.32 Å². The maximum Gasteiger partial charge on any atom is 0.164 e. The zero-order chi connectivity index (χ0) is 13.4. The molecular weight excluding hydrogens is 266 g/mol. The van der Waals surface area contributed by atoms with Crippen molar-refractivity contribution in [2.24, 2.45) is 0 Å². The third-order valence-corrected chi connectivity index (χ3v) is 4.66. The van der Waals surface area contributed by atoms with E-state index >= 15 is 0 Å². The van der Waals surface area contributed by atoms with Gasteiger partial charge in [-0.2, -0.15) is 0 Å². The Morgan fingerprint density at radius 1 is 1.32 bits per heavy atom. The highest BCUT2D eigenvalue weighted by molar-refractivity contribution is 7.11. The average molecular weight is 280 g/mol. The molecule has 5 heteroatoms. The summed E-state index contributed by atoms with van der Waals surface area (Å²) >= 11 is 1.60. The molecule has 1 aliphatic rings. The number of aryl methyl sites for hydroxylation is 2. The number of nitrogens with zero attached hydrogens (tertiary/aromatic N) is 1. The summed E-state index contributed by atoms with van der Waals surface area (Å²) in [6.07, 6.45) is 3.19. The largest absolute Gasteiger partial charge is 0.307 e. The van der Waals surface area contributed by atoms with Crippen molar-refractivity contribution < 1.29 is 8.78 Å². The van der Waals surface area contributed by atoms with E-state index in [9.17, 15) is 8.78 Å². The first-order chi connectivity index (χ1) is 9.20. The predicted molar refractivity (Wildman–Crippen MR) is 71.4 cm³/mol. The van der Waals surface area contributed by atoms with E-state index < -0.39 is 11.6 Å². The number of rotatable bonds is 3. The van der Waals surface area contributed by atoms with Gasteiger partial charge in [-0.05, 0) is 32.4 Å². The second-order valence-corrected chi connectivity index (χ2v) is 5.76. The van der Waals surface area contributed by atoms with Crippen molar-refractivity contribution in [1.29, 1.82) is 0 Å². The topological polar surface area (TPSA) is 24.9 Å². The minimum absolute atomic E-state index is 0.315. The lowest BCUT2D eigenvalue weighted by atomic mass is 10.1. The quantitative estimate of drug-likeness (QED) is 0.933. The molecule has 19 heavy (non-hydrogen) atoms. The number of halogens is 2. The van der Waals surface area contributed by atoms with Crippen LogP contribution in [-0.2, 0) is 12.8 Å². The van der Waals surface area contributed by atoms with Gasteiger partial charge in [-0.3, -0.25) is 0 Å². The monoisotopic (exact) mass is 280 g/mol. The average Bonchev–Trinajstić information content (AvgIpc) is 2.96. The zero-order valence-electron chi connectivity index (χ0n) is 10.5. The summed E-state index contributed by atoms with van der Waals surface area (Å²) in [5, 5.41) is 3.85. The first kappa shape index (κ1) is 12.7. The molecule has 0 saturated heterocycles. The van der Waals surface area contributed by atoms with Crippen LogP contribution >= 0.6 is 11.3 Å². The maximum absolute atomic E-state index is 13.9. The van der Waals surface area contributed by atoms with Gasteiger partial charge in [0, 0.05) is 10.4 Å². The van der Waals surface area contributed by atoms with Crippen molar-refractivity contribution in [2.75, 3.05) is 7.05 Å². The second kappa shape index (κ2) is 4.98.